The Bertz CT molecular complexity index is 1310. The summed E-state index contributed by atoms with van der Waals surface area (Å²) in [4.78, 5) is 25.3. The van der Waals surface area contributed by atoms with Gasteiger partial charge in [-0.15, -0.1) is 0 Å². The number of hydrogen-bond acceptors (Lipinski definition) is 8. The third kappa shape index (κ3) is 4.39. The molecule has 0 saturated carbocycles. The summed E-state index contributed by atoms with van der Waals surface area (Å²) < 4.78 is 11.8. The van der Waals surface area contributed by atoms with E-state index in [0.29, 0.717) is 18.3 Å². The molecular weight excluding hydrogens is 444 g/mol. The molecule has 2 aliphatic rings. The number of anilines is 1. The van der Waals surface area contributed by atoms with Crippen LogP contribution < -0.4 is 10.6 Å². The van der Waals surface area contributed by atoms with Gasteiger partial charge < -0.3 is 19.6 Å². The van der Waals surface area contributed by atoms with Crippen LogP contribution in [0.25, 0.3) is 22.4 Å². The second kappa shape index (κ2) is 9.14. The lowest BCUT2D eigenvalue weighted by Gasteiger charge is -2.31. The number of nitrogens with two attached hydrogens (primary N) is 1. The number of nitrogens with zero attached hydrogens (tertiary/aromatic N) is 5. The van der Waals surface area contributed by atoms with E-state index < -0.39 is 0 Å². The summed E-state index contributed by atoms with van der Waals surface area (Å²) in [5.74, 6) is 2.72. The SMILES string of the molecule is NC(=O)C1CCN(c2cc(-c3noc(C4CCCN4Cc4cc5ccccc5o4)n3)ccn2)CC1. The molecule has 6 rings (SSSR count). The molecule has 0 bridgehead atoms. The average molecular weight is 473 g/mol. The summed E-state index contributed by atoms with van der Waals surface area (Å²) in [5.41, 5.74) is 7.24. The van der Waals surface area contributed by atoms with Gasteiger partial charge in [-0.05, 0) is 56.5 Å². The molecule has 0 radical (unpaired) electrons. The number of benzene rings is 1. The Morgan fingerprint density at radius 1 is 1.09 bits per heavy atom. The maximum Gasteiger partial charge on any atom is 0.244 e. The predicted octanol–water partition coefficient (Wildman–Crippen LogP) is 3.92. The van der Waals surface area contributed by atoms with Gasteiger partial charge in [-0.1, -0.05) is 23.4 Å². The molecule has 2 fully saturated rings. The normalized spacial score (nSPS) is 19.5. The van der Waals surface area contributed by atoms with Crippen molar-refractivity contribution in [2.45, 2.75) is 38.3 Å². The molecule has 0 spiro atoms. The number of carbonyl (C=O) groups excluding carboxylic acids is 1. The first-order valence-corrected chi connectivity index (χ1v) is 12.2. The zero-order valence-corrected chi connectivity index (χ0v) is 19.5. The van der Waals surface area contributed by atoms with E-state index in [9.17, 15) is 4.79 Å². The van der Waals surface area contributed by atoms with Gasteiger partial charge >= 0.3 is 0 Å². The standard InChI is InChI=1S/C26H28N6O3/c27-24(33)17-8-12-31(13-9-17)23-15-19(7-10-28-23)25-29-26(35-30-25)21-5-3-11-32(21)16-20-14-18-4-1-2-6-22(18)34-20/h1-2,4,6-7,10,14-15,17,21H,3,5,8-9,11-13,16H2,(H2,27,33). The Hall–Kier alpha value is -3.72. The number of furan rings is 1. The molecular formula is C26H28N6O3. The molecule has 9 nitrogen and oxygen atoms in total. The first kappa shape index (κ1) is 21.8. The molecule has 2 saturated heterocycles. The van der Waals surface area contributed by atoms with Crippen LogP contribution in [0.3, 0.4) is 0 Å². The monoisotopic (exact) mass is 472 g/mol. The maximum absolute atomic E-state index is 11.5. The first-order valence-electron chi connectivity index (χ1n) is 12.2. The number of aromatic nitrogens is 3. The first-order chi connectivity index (χ1) is 17.1. The molecule has 1 atom stereocenters. The molecule has 1 amide bonds. The van der Waals surface area contributed by atoms with Gasteiger partial charge in [0.1, 0.15) is 17.2 Å². The topological polar surface area (TPSA) is 115 Å². The predicted molar refractivity (Wildman–Crippen MR) is 130 cm³/mol. The Morgan fingerprint density at radius 3 is 2.77 bits per heavy atom. The summed E-state index contributed by atoms with van der Waals surface area (Å²) >= 11 is 0. The zero-order chi connectivity index (χ0) is 23.8. The highest BCUT2D eigenvalue weighted by atomic mass is 16.5. The number of para-hydroxylation sites is 1. The molecule has 5 heterocycles. The number of amides is 1. The number of primary amides is 1. The summed E-state index contributed by atoms with van der Waals surface area (Å²) in [5, 5.41) is 5.40. The van der Waals surface area contributed by atoms with Crippen molar-refractivity contribution in [2.75, 3.05) is 24.5 Å². The van der Waals surface area contributed by atoms with Crippen molar-refractivity contribution < 1.29 is 13.7 Å². The van der Waals surface area contributed by atoms with E-state index in [1.54, 1.807) is 6.20 Å². The zero-order valence-electron chi connectivity index (χ0n) is 19.5. The number of carbonyl (C=O) groups is 1. The highest BCUT2D eigenvalue weighted by Crippen LogP contribution is 2.34. The second-order valence-corrected chi connectivity index (χ2v) is 9.40. The summed E-state index contributed by atoms with van der Waals surface area (Å²) in [7, 11) is 0. The van der Waals surface area contributed by atoms with E-state index in [0.717, 1.165) is 73.4 Å². The van der Waals surface area contributed by atoms with Gasteiger partial charge in [0, 0.05) is 36.2 Å². The quantitative estimate of drug-likeness (QED) is 0.449. The maximum atomic E-state index is 11.5. The molecule has 1 aromatic carbocycles. The van der Waals surface area contributed by atoms with Gasteiger partial charge in [-0.2, -0.15) is 4.98 Å². The number of piperidine rings is 1. The Balaban J connectivity index is 1.17. The molecule has 180 valence electrons. The summed E-state index contributed by atoms with van der Waals surface area (Å²) in [6.45, 7) is 3.17. The minimum absolute atomic E-state index is 0.0527. The van der Waals surface area contributed by atoms with Gasteiger partial charge in [-0.3, -0.25) is 9.69 Å². The fourth-order valence-electron chi connectivity index (χ4n) is 5.22. The highest BCUT2D eigenvalue weighted by molar-refractivity contribution is 5.78. The van der Waals surface area contributed by atoms with E-state index in [4.69, 9.17) is 19.7 Å². The van der Waals surface area contributed by atoms with Crippen molar-refractivity contribution >= 4 is 22.7 Å². The fraction of sp³-hybridized carbons (Fsp3) is 0.385. The van der Waals surface area contributed by atoms with Crippen molar-refractivity contribution in [1.82, 2.24) is 20.0 Å². The van der Waals surface area contributed by atoms with Gasteiger partial charge in [0.05, 0.1) is 12.6 Å². The molecule has 2 N–H and O–H groups in total. The van der Waals surface area contributed by atoms with Crippen LogP contribution in [-0.2, 0) is 11.3 Å². The molecule has 4 aromatic rings. The average Bonchev–Trinajstić information content (AvgIpc) is 3.63. The van der Waals surface area contributed by atoms with Gasteiger partial charge in [0.15, 0.2) is 0 Å². The Labute approximate surface area is 202 Å². The van der Waals surface area contributed by atoms with Crippen molar-refractivity contribution in [2.24, 2.45) is 11.7 Å². The lowest BCUT2D eigenvalue weighted by atomic mass is 9.96. The molecule has 1 unspecified atom stereocenters. The van der Waals surface area contributed by atoms with E-state index in [2.05, 4.69) is 32.1 Å². The van der Waals surface area contributed by atoms with Crippen molar-refractivity contribution in [3.63, 3.8) is 0 Å². The number of rotatable bonds is 6. The van der Waals surface area contributed by atoms with Crippen LogP contribution in [0.2, 0.25) is 0 Å². The van der Waals surface area contributed by atoms with Crippen LogP contribution in [0.5, 0.6) is 0 Å². The van der Waals surface area contributed by atoms with Gasteiger partial charge in [-0.25, -0.2) is 4.98 Å². The van der Waals surface area contributed by atoms with E-state index >= 15 is 0 Å². The van der Waals surface area contributed by atoms with Crippen molar-refractivity contribution in [3.8, 4) is 11.4 Å². The van der Waals surface area contributed by atoms with Gasteiger partial charge in [0.25, 0.3) is 0 Å². The largest absolute Gasteiger partial charge is 0.460 e. The number of fused-ring (bicyclic) bond motifs is 1. The molecule has 35 heavy (non-hydrogen) atoms. The number of likely N-dealkylation sites (tertiary alicyclic amines) is 1. The lowest BCUT2D eigenvalue weighted by molar-refractivity contribution is -0.122. The lowest BCUT2D eigenvalue weighted by Crippen LogP contribution is -2.38. The summed E-state index contributed by atoms with van der Waals surface area (Å²) in [6, 6.07) is 14.1. The number of hydrogen-bond donors (Lipinski definition) is 1. The number of pyridine rings is 1. The van der Waals surface area contributed by atoms with Crippen molar-refractivity contribution in [3.05, 3.63) is 60.3 Å². The third-order valence-electron chi connectivity index (χ3n) is 7.15. The minimum atomic E-state index is -0.216. The fourth-order valence-corrected chi connectivity index (χ4v) is 5.22. The van der Waals surface area contributed by atoms with Crippen LogP contribution in [0.4, 0.5) is 5.82 Å². The summed E-state index contributed by atoms with van der Waals surface area (Å²) in [6.07, 6.45) is 5.30. The smallest absolute Gasteiger partial charge is 0.244 e. The molecule has 9 heteroatoms. The van der Waals surface area contributed by atoms with E-state index in [1.165, 1.54) is 0 Å². The van der Waals surface area contributed by atoms with Crippen LogP contribution in [0.15, 0.2) is 57.6 Å². The molecule has 3 aromatic heterocycles. The third-order valence-corrected chi connectivity index (χ3v) is 7.15. The van der Waals surface area contributed by atoms with E-state index in [-0.39, 0.29) is 17.9 Å². The van der Waals surface area contributed by atoms with E-state index in [1.807, 2.05) is 30.3 Å². The van der Waals surface area contributed by atoms with Crippen molar-refractivity contribution in [1.29, 1.82) is 0 Å². The molecule has 2 aliphatic heterocycles. The Morgan fingerprint density at radius 2 is 1.94 bits per heavy atom. The van der Waals surface area contributed by atoms with Crippen LogP contribution in [-0.4, -0.2) is 45.6 Å². The Kier molecular flexibility index (Phi) is 5.69. The van der Waals surface area contributed by atoms with Crippen LogP contribution in [0.1, 0.15) is 43.4 Å². The van der Waals surface area contributed by atoms with Crippen LogP contribution in [0, 0.1) is 5.92 Å². The second-order valence-electron chi connectivity index (χ2n) is 9.40. The van der Waals surface area contributed by atoms with Gasteiger partial charge in [0.2, 0.25) is 17.6 Å². The minimum Gasteiger partial charge on any atom is -0.460 e. The highest BCUT2D eigenvalue weighted by Gasteiger charge is 2.32. The molecule has 0 aliphatic carbocycles. The van der Waals surface area contributed by atoms with Crippen LogP contribution >= 0.6 is 0 Å².